The summed E-state index contributed by atoms with van der Waals surface area (Å²) in [5.41, 5.74) is 8.74. The molecule has 1 aromatic heterocycles. The van der Waals surface area contributed by atoms with Crippen molar-refractivity contribution < 1.29 is 4.39 Å². The fourth-order valence-corrected chi connectivity index (χ4v) is 2.16. The Balaban J connectivity index is 2.09. The molecule has 2 N–H and O–H groups in total. The third kappa shape index (κ3) is 3.25. The molecule has 4 heteroatoms. The number of nitrogens with zero attached hydrogens (tertiary/aromatic N) is 2. The SMILES string of the molecule is CCC(C)n1ccc(CC(N)c2ccc(F)c(C)c2)n1. The lowest BCUT2D eigenvalue weighted by Crippen LogP contribution is -2.14. The Labute approximate surface area is 119 Å². The van der Waals surface area contributed by atoms with Crippen LogP contribution in [0.4, 0.5) is 4.39 Å². The van der Waals surface area contributed by atoms with Gasteiger partial charge in [0.1, 0.15) is 5.82 Å². The predicted molar refractivity (Wildman–Crippen MR) is 79.0 cm³/mol. The van der Waals surface area contributed by atoms with Gasteiger partial charge < -0.3 is 5.73 Å². The van der Waals surface area contributed by atoms with Gasteiger partial charge >= 0.3 is 0 Å². The molecule has 1 aromatic carbocycles. The van der Waals surface area contributed by atoms with E-state index >= 15 is 0 Å². The van der Waals surface area contributed by atoms with Crippen LogP contribution in [0.25, 0.3) is 0 Å². The smallest absolute Gasteiger partial charge is 0.126 e. The molecule has 0 aliphatic carbocycles. The summed E-state index contributed by atoms with van der Waals surface area (Å²) >= 11 is 0. The maximum atomic E-state index is 13.3. The standard InChI is InChI=1S/C16H22FN3/c1-4-12(3)20-8-7-14(19-20)10-16(18)13-5-6-15(17)11(2)9-13/h5-9,12,16H,4,10,18H2,1-3H3. The van der Waals surface area contributed by atoms with Gasteiger partial charge in [0.15, 0.2) is 0 Å². The van der Waals surface area contributed by atoms with Gasteiger partial charge in [-0.25, -0.2) is 4.39 Å². The van der Waals surface area contributed by atoms with Gasteiger partial charge in [-0.05, 0) is 43.5 Å². The van der Waals surface area contributed by atoms with Crippen molar-refractivity contribution in [2.75, 3.05) is 0 Å². The lowest BCUT2D eigenvalue weighted by molar-refractivity contribution is 0.472. The third-order valence-corrected chi connectivity index (χ3v) is 3.75. The number of nitrogens with two attached hydrogens (primary N) is 1. The first-order valence-corrected chi connectivity index (χ1v) is 7.07. The largest absolute Gasteiger partial charge is 0.324 e. The van der Waals surface area contributed by atoms with Gasteiger partial charge in [-0.3, -0.25) is 4.68 Å². The van der Waals surface area contributed by atoms with Crippen LogP contribution in [-0.4, -0.2) is 9.78 Å². The summed E-state index contributed by atoms with van der Waals surface area (Å²) in [7, 11) is 0. The van der Waals surface area contributed by atoms with E-state index in [1.165, 1.54) is 6.07 Å². The van der Waals surface area contributed by atoms with Crippen molar-refractivity contribution in [3.63, 3.8) is 0 Å². The molecule has 0 aliphatic rings. The average Bonchev–Trinajstić information content (AvgIpc) is 2.89. The van der Waals surface area contributed by atoms with Gasteiger partial charge in [0, 0.05) is 24.7 Å². The zero-order valence-corrected chi connectivity index (χ0v) is 12.3. The summed E-state index contributed by atoms with van der Waals surface area (Å²) in [6.07, 6.45) is 3.70. The number of halogens is 1. The molecule has 1 heterocycles. The third-order valence-electron chi connectivity index (χ3n) is 3.75. The van der Waals surface area contributed by atoms with Gasteiger partial charge in [-0.15, -0.1) is 0 Å². The van der Waals surface area contributed by atoms with Crippen LogP contribution in [-0.2, 0) is 6.42 Å². The van der Waals surface area contributed by atoms with E-state index in [2.05, 4.69) is 18.9 Å². The van der Waals surface area contributed by atoms with Crippen molar-refractivity contribution in [1.29, 1.82) is 0 Å². The highest BCUT2D eigenvalue weighted by molar-refractivity contribution is 5.27. The fourth-order valence-electron chi connectivity index (χ4n) is 2.16. The molecule has 3 nitrogen and oxygen atoms in total. The summed E-state index contributed by atoms with van der Waals surface area (Å²) < 4.78 is 15.2. The highest BCUT2D eigenvalue weighted by atomic mass is 19.1. The van der Waals surface area contributed by atoms with Crippen LogP contribution in [0.15, 0.2) is 30.5 Å². The summed E-state index contributed by atoms with van der Waals surface area (Å²) in [4.78, 5) is 0. The monoisotopic (exact) mass is 275 g/mol. The molecule has 0 amide bonds. The zero-order valence-electron chi connectivity index (χ0n) is 12.3. The second kappa shape index (κ2) is 6.18. The van der Waals surface area contributed by atoms with Gasteiger partial charge in [-0.2, -0.15) is 5.10 Å². The number of aromatic nitrogens is 2. The van der Waals surface area contributed by atoms with E-state index in [0.717, 1.165) is 17.7 Å². The summed E-state index contributed by atoms with van der Waals surface area (Å²) in [6.45, 7) is 6.03. The Morgan fingerprint density at radius 3 is 2.75 bits per heavy atom. The maximum Gasteiger partial charge on any atom is 0.126 e. The van der Waals surface area contributed by atoms with Crippen molar-refractivity contribution in [2.45, 2.75) is 45.7 Å². The van der Waals surface area contributed by atoms with Crippen molar-refractivity contribution in [1.82, 2.24) is 9.78 Å². The molecule has 2 aromatic rings. The summed E-state index contributed by atoms with van der Waals surface area (Å²) in [5.74, 6) is -0.193. The van der Waals surface area contributed by atoms with E-state index in [9.17, 15) is 4.39 Å². The predicted octanol–water partition coefficient (Wildman–Crippen LogP) is 3.54. The van der Waals surface area contributed by atoms with Crippen molar-refractivity contribution >= 4 is 0 Å². The first kappa shape index (κ1) is 14.7. The molecule has 0 saturated heterocycles. The summed E-state index contributed by atoms with van der Waals surface area (Å²) in [6, 6.07) is 7.28. The quantitative estimate of drug-likeness (QED) is 0.907. The Kier molecular flexibility index (Phi) is 4.55. The minimum Gasteiger partial charge on any atom is -0.324 e. The molecule has 0 bridgehead atoms. The van der Waals surface area contributed by atoms with Crippen LogP contribution in [0.1, 0.15) is 49.2 Å². The fraction of sp³-hybridized carbons (Fsp3) is 0.438. The number of rotatable bonds is 5. The van der Waals surface area contributed by atoms with Crippen LogP contribution in [0, 0.1) is 12.7 Å². The van der Waals surface area contributed by atoms with Crippen LogP contribution >= 0.6 is 0 Å². The van der Waals surface area contributed by atoms with E-state index in [0.29, 0.717) is 18.0 Å². The van der Waals surface area contributed by atoms with Crippen LogP contribution < -0.4 is 5.73 Å². The summed E-state index contributed by atoms with van der Waals surface area (Å²) in [5, 5.41) is 4.55. The molecule has 2 rings (SSSR count). The molecule has 0 spiro atoms. The molecule has 0 fully saturated rings. The Hall–Kier alpha value is -1.68. The number of hydrogen-bond acceptors (Lipinski definition) is 2. The molecule has 2 atom stereocenters. The minimum absolute atomic E-state index is 0.158. The number of benzene rings is 1. The van der Waals surface area contributed by atoms with Crippen LogP contribution in [0.2, 0.25) is 0 Å². The Bertz CT molecular complexity index is 577. The first-order chi connectivity index (χ1) is 9.51. The van der Waals surface area contributed by atoms with Crippen molar-refractivity contribution in [3.05, 3.63) is 53.1 Å². The number of hydrogen-bond donors (Lipinski definition) is 1. The normalized spacial score (nSPS) is 14.2. The molecular weight excluding hydrogens is 253 g/mol. The maximum absolute atomic E-state index is 13.3. The first-order valence-electron chi connectivity index (χ1n) is 7.07. The van der Waals surface area contributed by atoms with Crippen molar-refractivity contribution in [3.8, 4) is 0 Å². The lowest BCUT2D eigenvalue weighted by atomic mass is 10.0. The molecule has 2 unspecified atom stereocenters. The zero-order chi connectivity index (χ0) is 14.7. The van der Waals surface area contributed by atoms with E-state index in [4.69, 9.17) is 5.73 Å². The van der Waals surface area contributed by atoms with Gasteiger partial charge in [0.2, 0.25) is 0 Å². The lowest BCUT2D eigenvalue weighted by Gasteiger charge is -2.12. The minimum atomic E-state index is -0.193. The topological polar surface area (TPSA) is 43.8 Å². The second-order valence-corrected chi connectivity index (χ2v) is 5.36. The van der Waals surface area contributed by atoms with E-state index in [-0.39, 0.29) is 11.9 Å². The van der Waals surface area contributed by atoms with Crippen LogP contribution in [0.3, 0.4) is 0 Å². The van der Waals surface area contributed by atoms with E-state index in [1.54, 1.807) is 13.0 Å². The molecule has 0 radical (unpaired) electrons. The van der Waals surface area contributed by atoms with Gasteiger partial charge in [0.25, 0.3) is 0 Å². The van der Waals surface area contributed by atoms with Gasteiger partial charge in [-0.1, -0.05) is 19.1 Å². The highest BCUT2D eigenvalue weighted by Crippen LogP contribution is 2.19. The molecular formula is C16H22FN3. The highest BCUT2D eigenvalue weighted by Gasteiger charge is 2.12. The molecule has 108 valence electrons. The Morgan fingerprint density at radius 2 is 2.10 bits per heavy atom. The van der Waals surface area contributed by atoms with E-state index in [1.807, 2.05) is 23.0 Å². The molecule has 20 heavy (non-hydrogen) atoms. The molecule has 0 saturated carbocycles. The molecule has 0 aliphatic heterocycles. The Morgan fingerprint density at radius 1 is 1.35 bits per heavy atom. The van der Waals surface area contributed by atoms with Crippen LogP contribution in [0.5, 0.6) is 0 Å². The van der Waals surface area contributed by atoms with Gasteiger partial charge in [0.05, 0.1) is 5.69 Å². The second-order valence-electron chi connectivity index (χ2n) is 5.36. The van der Waals surface area contributed by atoms with E-state index < -0.39 is 0 Å². The van der Waals surface area contributed by atoms with Crippen molar-refractivity contribution in [2.24, 2.45) is 5.73 Å². The average molecular weight is 275 g/mol. The number of aryl methyl sites for hydroxylation is 1.